The van der Waals surface area contributed by atoms with Crippen molar-refractivity contribution in [3.05, 3.63) is 59.4 Å². The van der Waals surface area contributed by atoms with Crippen LogP contribution in [-0.4, -0.2) is 62.5 Å². The maximum atomic E-state index is 12.4. The summed E-state index contributed by atoms with van der Waals surface area (Å²) in [6, 6.07) is 13.2. The first-order valence-electron chi connectivity index (χ1n) is 15.3. The summed E-state index contributed by atoms with van der Waals surface area (Å²) < 4.78 is 0. The Kier molecular flexibility index (Phi) is 16.0. The van der Waals surface area contributed by atoms with Gasteiger partial charge in [-0.15, -0.1) is 0 Å². The van der Waals surface area contributed by atoms with Crippen molar-refractivity contribution in [3.63, 3.8) is 0 Å². The van der Waals surface area contributed by atoms with Gasteiger partial charge in [0.25, 0.3) is 0 Å². The van der Waals surface area contributed by atoms with Gasteiger partial charge in [0.15, 0.2) is 0 Å². The van der Waals surface area contributed by atoms with Crippen molar-refractivity contribution in [2.45, 2.75) is 104 Å². The Bertz CT molecular complexity index is 1110. The van der Waals surface area contributed by atoms with Gasteiger partial charge >= 0.3 is 12.0 Å². The summed E-state index contributed by atoms with van der Waals surface area (Å²) in [5, 5.41) is 18.5. The van der Waals surface area contributed by atoms with Crippen LogP contribution in [0.4, 0.5) is 10.5 Å². The molecule has 232 valence electrons. The standard InChI is InChI=1S/C26H33N5O4S.C4H10.C2H6/c1-2-31(15-19-6-5-7-20(27-19)25(33)34)14-17-10-12-18(13-11-17)28-23(32)9-4-3-8-22-24-21(16-36-22)29-26(35)30-24;1-3-4-2;1-2/h5-7,10-13,21-22,24H,2-4,8-9,14-16H2,1H3,(H,28,32)(H,33,34)(H2,29,30,35);3-4H2,1-2H3;1-2H3. The molecule has 0 aliphatic carbocycles. The topological polar surface area (TPSA) is 124 Å². The van der Waals surface area contributed by atoms with Gasteiger partial charge in [-0.2, -0.15) is 11.8 Å². The van der Waals surface area contributed by atoms with E-state index in [1.807, 2.05) is 55.9 Å². The van der Waals surface area contributed by atoms with E-state index < -0.39 is 5.97 Å². The van der Waals surface area contributed by atoms with Crippen LogP contribution in [0.2, 0.25) is 0 Å². The van der Waals surface area contributed by atoms with Crippen molar-refractivity contribution in [2.24, 2.45) is 0 Å². The summed E-state index contributed by atoms with van der Waals surface area (Å²) in [6.45, 7) is 12.5. The number of amides is 3. The van der Waals surface area contributed by atoms with E-state index in [2.05, 4.69) is 46.6 Å². The van der Waals surface area contributed by atoms with Crippen molar-refractivity contribution < 1.29 is 19.5 Å². The minimum Gasteiger partial charge on any atom is -0.477 e. The summed E-state index contributed by atoms with van der Waals surface area (Å²) >= 11 is 1.90. The van der Waals surface area contributed by atoms with Crippen LogP contribution in [0.1, 0.15) is 94.9 Å². The average Bonchev–Trinajstić information content (AvgIpc) is 3.56. The van der Waals surface area contributed by atoms with Crippen molar-refractivity contribution in [1.82, 2.24) is 20.5 Å². The van der Waals surface area contributed by atoms with E-state index in [1.165, 1.54) is 18.9 Å². The number of aromatic nitrogens is 1. The lowest BCUT2D eigenvalue weighted by atomic mass is 10.0. The third-order valence-electron chi connectivity index (χ3n) is 7.08. The highest BCUT2D eigenvalue weighted by Crippen LogP contribution is 2.33. The van der Waals surface area contributed by atoms with Crippen molar-refractivity contribution >= 4 is 35.4 Å². The molecule has 2 aliphatic rings. The highest BCUT2D eigenvalue weighted by Gasteiger charge is 2.42. The SMILES string of the molecule is CC.CCCC.CCN(Cc1ccc(NC(=O)CCCCC2SCC3NC(=O)NC32)cc1)Cc1cccc(C(=O)O)n1. The molecule has 0 saturated carbocycles. The Morgan fingerprint density at radius 2 is 1.74 bits per heavy atom. The summed E-state index contributed by atoms with van der Waals surface area (Å²) in [5.74, 6) is -0.0646. The smallest absolute Gasteiger partial charge is 0.354 e. The number of pyridine rings is 1. The first kappa shape index (κ1) is 35.1. The second kappa shape index (κ2) is 19.2. The molecule has 4 N–H and O–H groups in total. The van der Waals surface area contributed by atoms with E-state index in [4.69, 9.17) is 5.11 Å². The van der Waals surface area contributed by atoms with Crippen LogP contribution in [0.5, 0.6) is 0 Å². The lowest BCUT2D eigenvalue weighted by Crippen LogP contribution is -2.36. The number of benzene rings is 1. The number of carbonyl (C=O) groups is 3. The lowest BCUT2D eigenvalue weighted by molar-refractivity contribution is -0.116. The van der Waals surface area contributed by atoms with Crippen LogP contribution < -0.4 is 16.0 Å². The summed E-state index contributed by atoms with van der Waals surface area (Å²) in [5.41, 5.74) is 2.65. The zero-order valence-corrected chi connectivity index (χ0v) is 26.6. The second-order valence-electron chi connectivity index (χ2n) is 10.2. The van der Waals surface area contributed by atoms with Crippen molar-refractivity contribution in [2.75, 3.05) is 17.6 Å². The number of hydrogen-bond donors (Lipinski definition) is 4. The minimum absolute atomic E-state index is 0.00936. The van der Waals surface area contributed by atoms with E-state index in [0.29, 0.717) is 24.8 Å². The van der Waals surface area contributed by atoms with Crippen LogP contribution in [0.25, 0.3) is 0 Å². The van der Waals surface area contributed by atoms with Gasteiger partial charge in [-0.05, 0) is 49.2 Å². The Labute approximate surface area is 255 Å². The highest BCUT2D eigenvalue weighted by molar-refractivity contribution is 8.00. The largest absolute Gasteiger partial charge is 0.477 e. The number of urea groups is 1. The molecule has 0 radical (unpaired) electrons. The van der Waals surface area contributed by atoms with Crippen LogP contribution in [-0.2, 0) is 17.9 Å². The van der Waals surface area contributed by atoms with Gasteiger partial charge in [-0.25, -0.2) is 14.6 Å². The molecule has 4 rings (SSSR count). The molecular formula is C32H49N5O4S. The van der Waals surface area contributed by atoms with Gasteiger partial charge in [0, 0.05) is 36.2 Å². The van der Waals surface area contributed by atoms with E-state index in [1.54, 1.807) is 6.07 Å². The number of fused-ring (bicyclic) bond motifs is 1. The van der Waals surface area contributed by atoms with Crippen LogP contribution in [0.15, 0.2) is 42.5 Å². The Hall–Kier alpha value is -3.11. The van der Waals surface area contributed by atoms with Crippen LogP contribution in [0.3, 0.4) is 0 Å². The molecule has 42 heavy (non-hydrogen) atoms. The molecule has 1 aromatic carbocycles. The molecule has 2 saturated heterocycles. The molecule has 0 bridgehead atoms. The van der Waals surface area contributed by atoms with Gasteiger partial charge in [0.2, 0.25) is 5.91 Å². The second-order valence-corrected chi connectivity index (χ2v) is 11.5. The van der Waals surface area contributed by atoms with Crippen molar-refractivity contribution in [3.8, 4) is 0 Å². The number of unbranched alkanes of at least 4 members (excludes halogenated alkanes) is 2. The highest BCUT2D eigenvalue weighted by atomic mass is 32.2. The summed E-state index contributed by atoms with van der Waals surface area (Å²) in [6.07, 6.45) is 5.90. The quantitative estimate of drug-likeness (QED) is 0.157. The fourth-order valence-corrected chi connectivity index (χ4v) is 6.19. The average molecular weight is 600 g/mol. The number of thioether (sulfide) groups is 1. The zero-order valence-electron chi connectivity index (χ0n) is 25.8. The molecule has 9 nitrogen and oxygen atoms in total. The zero-order chi connectivity index (χ0) is 30.9. The molecule has 10 heteroatoms. The number of anilines is 1. The number of nitrogens with zero attached hydrogens (tertiary/aromatic N) is 2. The maximum absolute atomic E-state index is 12.4. The van der Waals surface area contributed by atoms with E-state index in [9.17, 15) is 14.4 Å². The third kappa shape index (κ3) is 11.6. The number of hydrogen-bond acceptors (Lipinski definition) is 6. The van der Waals surface area contributed by atoms with Crippen LogP contribution >= 0.6 is 11.8 Å². The van der Waals surface area contributed by atoms with E-state index >= 15 is 0 Å². The van der Waals surface area contributed by atoms with Gasteiger partial charge in [-0.3, -0.25) is 9.69 Å². The fraction of sp³-hybridized carbons (Fsp3) is 0.562. The number of carbonyl (C=O) groups excluding carboxylic acids is 2. The Morgan fingerprint density at radius 1 is 1.02 bits per heavy atom. The Balaban J connectivity index is 0.000000947. The normalized spacial score (nSPS) is 18.5. The minimum atomic E-state index is -1.03. The predicted molar refractivity (Wildman–Crippen MR) is 172 cm³/mol. The van der Waals surface area contributed by atoms with Gasteiger partial charge in [-0.1, -0.05) is 72.1 Å². The molecule has 2 aromatic rings. The molecule has 1 aromatic heterocycles. The summed E-state index contributed by atoms with van der Waals surface area (Å²) in [4.78, 5) is 41.4. The van der Waals surface area contributed by atoms with Gasteiger partial charge < -0.3 is 21.1 Å². The number of nitrogens with one attached hydrogen (secondary N) is 3. The first-order chi connectivity index (χ1) is 20.3. The van der Waals surface area contributed by atoms with Gasteiger partial charge in [0.05, 0.1) is 17.8 Å². The number of aromatic carboxylic acids is 1. The lowest BCUT2D eigenvalue weighted by Gasteiger charge is -2.20. The molecular weight excluding hydrogens is 550 g/mol. The van der Waals surface area contributed by atoms with Gasteiger partial charge in [0.1, 0.15) is 5.69 Å². The first-order valence-corrected chi connectivity index (χ1v) is 16.4. The fourth-order valence-electron chi connectivity index (χ4n) is 4.64. The summed E-state index contributed by atoms with van der Waals surface area (Å²) in [7, 11) is 0. The van der Waals surface area contributed by atoms with E-state index in [-0.39, 0.29) is 29.7 Å². The number of carboxylic acids is 1. The predicted octanol–water partition coefficient (Wildman–Crippen LogP) is 6.30. The molecule has 2 aliphatic heterocycles. The molecule has 2 fully saturated rings. The van der Waals surface area contributed by atoms with E-state index in [0.717, 1.165) is 48.5 Å². The number of rotatable bonds is 13. The molecule has 3 atom stereocenters. The molecule has 3 heterocycles. The van der Waals surface area contributed by atoms with Crippen LogP contribution in [0, 0.1) is 0 Å². The monoisotopic (exact) mass is 599 g/mol. The molecule has 3 amide bonds. The number of carboxylic acid groups (broad SMARTS) is 1. The van der Waals surface area contributed by atoms with Crippen molar-refractivity contribution in [1.29, 1.82) is 0 Å². The molecule has 3 unspecified atom stereocenters. The maximum Gasteiger partial charge on any atom is 0.354 e. The third-order valence-corrected chi connectivity index (χ3v) is 8.59. The molecule has 0 spiro atoms. The Morgan fingerprint density at radius 3 is 2.38 bits per heavy atom.